The van der Waals surface area contributed by atoms with Crippen molar-refractivity contribution >= 4 is 11.5 Å². The van der Waals surface area contributed by atoms with Crippen LogP contribution in [0.4, 0.5) is 5.82 Å². The number of nitrogens with zero attached hydrogens (tertiary/aromatic N) is 6. The molecule has 0 saturated carbocycles. The molecule has 3 aromatic heterocycles. The molecular formula is C10H12N8O. The van der Waals surface area contributed by atoms with E-state index in [9.17, 15) is 4.79 Å². The van der Waals surface area contributed by atoms with Crippen LogP contribution in [-0.4, -0.2) is 41.1 Å². The van der Waals surface area contributed by atoms with E-state index in [0.717, 1.165) is 0 Å². The van der Waals surface area contributed by atoms with Crippen molar-refractivity contribution in [3.05, 3.63) is 34.8 Å². The van der Waals surface area contributed by atoms with E-state index in [0.29, 0.717) is 30.4 Å². The Bertz CT molecular complexity index is 741. The van der Waals surface area contributed by atoms with Crippen LogP contribution in [0.1, 0.15) is 5.82 Å². The lowest BCUT2D eigenvalue weighted by Gasteiger charge is -2.06. The minimum absolute atomic E-state index is 0.283. The highest BCUT2D eigenvalue weighted by molar-refractivity contribution is 5.49. The summed E-state index contributed by atoms with van der Waals surface area (Å²) in [6.45, 7) is 3.09. The molecule has 2 N–H and O–H groups in total. The van der Waals surface area contributed by atoms with Crippen molar-refractivity contribution in [1.29, 1.82) is 0 Å². The summed E-state index contributed by atoms with van der Waals surface area (Å²) in [6.07, 6.45) is 3.42. The number of hydrogen-bond acceptors (Lipinski definition) is 6. The van der Waals surface area contributed by atoms with Gasteiger partial charge in [-0.05, 0) is 6.92 Å². The molecule has 3 heterocycles. The van der Waals surface area contributed by atoms with Gasteiger partial charge in [0.1, 0.15) is 11.6 Å². The maximum absolute atomic E-state index is 11.4. The minimum atomic E-state index is -0.283. The van der Waals surface area contributed by atoms with Crippen LogP contribution in [0, 0.1) is 6.92 Å². The Labute approximate surface area is 107 Å². The normalized spacial score (nSPS) is 11.0. The molecule has 0 aliphatic carbocycles. The highest BCUT2D eigenvalue weighted by Crippen LogP contribution is 2.07. The van der Waals surface area contributed by atoms with Crippen LogP contribution in [0.15, 0.2) is 23.3 Å². The average Bonchev–Trinajstić information content (AvgIpc) is 3.00. The van der Waals surface area contributed by atoms with Gasteiger partial charge in [0.05, 0.1) is 12.7 Å². The van der Waals surface area contributed by atoms with Crippen LogP contribution in [0.25, 0.3) is 5.65 Å². The molecule has 19 heavy (non-hydrogen) atoms. The smallest absolute Gasteiger partial charge is 0.349 e. The number of H-pyrrole nitrogens is 1. The summed E-state index contributed by atoms with van der Waals surface area (Å²) in [7, 11) is 0. The number of nitrogens with one attached hydrogen (secondary N) is 2. The molecule has 9 nitrogen and oxygen atoms in total. The summed E-state index contributed by atoms with van der Waals surface area (Å²) >= 11 is 0. The van der Waals surface area contributed by atoms with Crippen LogP contribution in [0.3, 0.4) is 0 Å². The van der Waals surface area contributed by atoms with Gasteiger partial charge in [-0.25, -0.2) is 19.3 Å². The van der Waals surface area contributed by atoms with Crippen LogP contribution < -0.4 is 11.0 Å². The number of aromatic nitrogens is 7. The van der Waals surface area contributed by atoms with Crippen LogP contribution in [-0.2, 0) is 6.54 Å². The Hall–Kier alpha value is -2.71. The lowest BCUT2D eigenvalue weighted by molar-refractivity contribution is 0.608. The van der Waals surface area contributed by atoms with E-state index in [1.165, 1.54) is 4.40 Å². The van der Waals surface area contributed by atoms with E-state index in [-0.39, 0.29) is 5.69 Å². The van der Waals surface area contributed by atoms with Crippen LogP contribution >= 0.6 is 0 Å². The van der Waals surface area contributed by atoms with Crippen molar-refractivity contribution < 1.29 is 0 Å². The Morgan fingerprint density at radius 2 is 2.37 bits per heavy atom. The molecule has 0 bridgehead atoms. The number of fused-ring (bicyclic) bond motifs is 1. The number of aromatic amines is 1. The number of anilines is 1. The SMILES string of the molecule is Cc1nc(NCCn2ccnn2)cc2n[nH]c(=O)n12. The topological polar surface area (TPSA) is 106 Å². The summed E-state index contributed by atoms with van der Waals surface area (Å²) in [5.74, 6) is 1.25. The Morgan fingerprint density at radius 1 is 1.47 bits per heavy atom. The Balaban J connectivity index is 1.76. The molecule has 3 aromatic rings. The molecule has 0 saturated heterocycles. The third-order valence-electron chi connectivity index (χ3n) is 2.69. The zero-order valence-corrected chi connectivity index (χ0v) is 10.2. The van der Waals surface area contributed by atoms with Crippen molar-refractivity contribution in [3.63, 3.8) is 0 Å². The molecule has 3 rings (SSSR count). The predicted molar refractivity (Wildman–Crippen MR) is 66.9 cm³/mol. The maximum atomic E-state index is 11.4. The molecule has 0 fully saturated rings. The van der Waals surface area contributed by atoms with Crippen molar-refractivity contribution in [3.8, 4) is 0 Å². The summed E-state index contributed by atoms with van der Waals surface area (Å²) < 4.78 is 3.14. The highest BCUT2D eigenvalue weighted by Gasteiger charge is 2.06. The largest absolute Gasteiger partial charge is 0.368 e. The molecule has 9 heteroatoms. The van der Waals surface area contributed by atoms with Crippen LogP contribution in [0.2, 0.25) is 0 Å². The molecule has 0 atom stereocenters. The molecule has 0 radical (unpaired) electrons. The monoisotopic (exact) mass is 260 g/mol. The fraction of sp³-hybridized carbons (Fsp3) is 0.300. The number of rotatable bonds is 4. The van der Waals surface area contributed by atoms with Gasteiger partial charge in [0, 0.05) is 18.8 Å². The zero-order chi connectivity index (χ0) is 13.2. The first kappa shape index (κ1) is 11.4. The fourth-order valence-corrected chi connectivity index (χ4v) is 1.84. The molecule has 0 spiro atoms. The minimum Gasteiger partial charge on any atom is -0.368 e. The van der Waals surface area contributed by atoms with Gasteiger partial charge < -0.3 is 5.32 Å². The quantitative estimate of drug-likeness (QED) is 0.650. The molecule has 0 unspecified atom stereocenters. The first-order chi connectivity index (χ1) is 9.24. The summed E-state index contributed by atoms with van der Waals surface area (Å²) in [5, 5.41) is 17.0. The zero-order valence-electron chi connectivity index (χ0n) is 10.2. The predicted octanol–water partition coefficient (Wildman–Crippen LogP) is -0.570. The molecule has 0 aliphatic rings. The second-order valence-electron chi connectivity index (χ2n) is 4.00. The van der Waals surface area contributed by atoms with E-state index in [1.807, 2.05) is 0 Å². The third kappa shape index (κ3) is 2.17. The van der Waals surface area contributed by atoms with Gasteiger partial charge in [0.15, 0.2) is 5.65 Å². The van der Waals surface area contributed by atoms with Gasteiger partial charge >= 0.3 is 5.69 Å². The third-order valence-corrected chi connectivity index (χ3v) is 2.69. The molecule has 0 amide bonds. The molecule has 98 valence electrons. The number of aryl methyl sites for hydroxylation is 1. The van der Waals surface area contributed by atoms with E-state index < -0.39 is 0 Å². The summed E-state index contributed by atoms with van der Waals surface area (Å²) in [6, 6.07) is 1.71. The van der Waals surface area contributed by atoms with Gasteiger partial charge in [-0.2, -0.15) is 5.10 Å². The maximum Gasteiger partial charge on any atom is 0.349 e. The summed E-state index contributed by atoms with van der Waals surface area (Å²) in [5.41, 5.74) is 0.259. The Morgan fingerprint density at radius 3 is 3.16 bits per heavy atom. The first-order valence-corrected chi connectivity index (χ1v) is 5.77. The highest BCUT2D eigenvalue weighted by atomic mass is 16.1. The van der Waals surface area contributed by atoms with Gasteiger partial charge in [-0.3, -0.25) is 4.68 Å². The Kier molecular flexibility index (Phi) is 2.71. The van der Waals surface area contributed by atoms with E-state index in [4.69, 9.17) is 0 Å². The van der Waals surface area contributed by atoms with E-state index in [1.54, 1.807) is 30.1 Å². The van der Waals surface area contributed by atoms with Crippen molar-refractivity contribution in [2.75, 3.05) is 11.9 Å². The number of hydrogen-bond donors (Lipinski definition) is 2. The van der Waals surface area contributed by atoms with Gasteiger partial charge in [0.25, 0.3) is 0 Å². The fourth-order valence-electron chi connectivity index (χ4n) is 1.84. The van der Waals surface area contributed by atoms with Gasteiger partial charge in [-0.15, -0.1) is 5.10 Å². The van der Waals surface area contributed by atoms with Gasteiger partial charge in [0.2, 0.25) is 0 Å². The molecular weight excluding hydrogens is 248 g/mol. The standard InChI is InChI=1S/C10H12N8O/c1-7-13-8(6-9-14-15-10(19)18(7)9)11-2-4-17-5-3-12-16-17/h3,5-6,11H,2,4H2,1H3,(H,15,19). The first-order valence-electron chi connectivity index (χ1n) is 5.77. The lowest BCUT2D eigenvalue weighted by atomic mass is 10.5. The van der Waals surface area contributed by atoms with E-state index >= 15 is 0 Å². The molecule has 0 aliphatic heterocycles. The second kappa shape index (κ2) is 4.52. The average molecular weight is 260 g/mol. The summed E-state index contributed by atoms with van der Waals surface area (Å²) in [4.78, 5) is 15.7. The van der Waals surface area contributed by atoms with Gasteiger partial charge in [-0.1, -0.05) is 5.21 Å². The molecule has 0 aromatic carbocycles. The van der Waals surface area contributed by atoms with Crippen LogP contribution in [0.5, 0.6) is 0 Å². The second-order valence-corrected chi connectivity index (χ2v) is 4.00. The lowest BCUT2D eigenvalue weighted by Crippen LogP contribution is -2.16. The van der Waals surface area contributed by atoms with Crippen molar-refractivity contribution in [2.24, 2.45) is 0 Å². The van der Waals surface area contributed by atoms with Crippen molar-refractivity contribution in [1.82, 2.24) is 34.6 Å². The van der Waals surface area contributed by atoms with Crippen molar-refractivity contribution in [2.45, 2.75) is 13.5 Å². The van der Waals surface area contributed by atoms with E-state index in [2.05, 4.69) is 30.8 Å².